The molecule has 2 heterocycles. The molecule has 1 N–H and O–H groups in total. The minimum absolute atomic E-state index is 0.163. The highest BCUT2D eigenvalue weighted by Gasteiger charge is 2.26. The monoisotopic (exact) mass is 453 g/mol. The maximum Gasteiger partial charge on any atom is 0.338 e. The van der Waals surface area contributed by atoms with Crippen molar-refractivity contribution >= 4 is 39.1 Å². The van der Waals surface area contributed by atoms with Crippen LogP contribution in [0.15, 0.2) is 35.4 Å². The number of fused-ring (bicyclic) bond motifs is 3. The first-order valence-electron chi connectivity index (χ1n) is 11.0. The Kier molecular flexibility index (Phi) is 6.41. The second-order valence-electron chi connectivity index (χ2n) is 8.20. The highest BCUT2D eigenvalue weighted by Crippen LogP contribution is 2.35. The number of rotatable bonds is 6. The van der Waals surface area contributed by atoms with Gasteiger partial charge in [0.15, 0.2) is 0 Å². The molecule has 0 aliphatic heterocycles. The third kappa shape index (κ3) is 4.19. The number of aryl methyl sites for hydroxylation is 1. The van der Waals surface area contributed by atoms with E-state index in [0.717, 1.165) is 29.7 Å². The van der Waals surface area contributed by atoms with Crippen LogP contribution in [0.3, 0.4) is 0 Å². The number of carbonyl (C=O) groups excluding carboxylic acids is 2. The van der Waals surface area contributed by atoms with Crippen molar-refractivity contribution in [1.29, 1.82) is 0 Å². The fraction of sp³-hybridized carbons (Fsp3) is 0.417. The van der Waals surface area contributed by atoms with Crippen LogP contribution in [0.5, 0.6) is 0 Å². The van der Waals surface area contributed by atoms with E-state index in [0.29, 0.717) is 29.0 Å². The number of aromatic nitrogens is 2. The Balaban J connectivity index is 1.63. The molecule has 168 valence electrons. The van der Waals surface area contributed by atoms with Gasteiger partial charge >= 0.3 is 5.97 Å². The van der Waals surface area contributed by atoms with Crippen molar-refractivity contribution in [3.63, 3.8) is 0 Å². The van der Waals surface area contributed by atoms with Crippen LogP contribution >= 0.6 is 11.3 Å². The molecule has 0 fully saturated rings. The summed E-state index contributed by atoms with van der Waals surface area (Å²) >= 11 is 1.60. The van der Waals surface area contributed by atoms with Gasteiger partial charge in [-0.25, -0.2) is 9.78 Å². The summed E-state index contributed by atoms with van der Waals surface area (Å²) < 4.78 is 6.46. The Morgan fingerprint density at radius 3 is 2.91 bits per heavy atom. The van der Waals surface area contributed by atoms with E-state index >= 15 is 0 Å². The summed E-state index contributed by atoms with van der Waals surface area (Å²) in [4.78, 5) is 45.0. The van der Waals surface area contributed by atoms with Crippen molar-refractivity contribution in [3.05, 3.63) is 57.0 Å². The molecule has 4 rings (SSSR count). The van der Waals surface area contributed by atoms with E-state index in [-0.39, 0.29) is 18.1 Å². The van der Waals surface area contributed by atoms with Crippen LogP contribution in [0.4, 0.5) is 5.69 Å². The van der Waals surface area contributed by atoms with Gasteiger partial charge in [0.05, 0.1) is 23.9 Å². The topological polar surface area (TPSA) is 90.3 Å². The number of nitrogens with one attached hydrogen (secondary N) is 1. The number of carbonyl (C=O) groups is 2. The average Bonchev–Trinajstić information content (AvgIpc) is 3.14. The van der Waals surface area contributed by atoms with Crippen LogP contribution in [0.25, 0.3) is 10.2 Å². The molecule has 0 spiro atoms. The van der Waals surface area contributed by atoms with E-state index in [1.807, 2.05) is 6.92 Å². The first kappa shape index (κ1) is 22.2. The van der Waals surface area contributed by atoms with Gasteiger partial charge in [-0.1, -0.05) is 19.9 Å². The SMILES string of the molecule is CCOC(=O)c1cccc(NC(=O)C(CC)n2cnc3sc4c(c3c2=O)CCC(C)C4)c1. The van der Waals surface area contributed by atoms with Gasteiger partial charge in [-0.05, 0) is 62.3 Å². The zero-order chi connectivity index (χ0) is 22.8. The Labute approximate surface area is 190 Å². The van der Waals surface area contributed by atoms with Crippen molar-refractivity contribution in [2.45, 2.75) is 52.5 Å². The van der Waals surface area contributed by atoms with E-state index < -0.39 is 12.0 Å². The molecule has 0 radical (unpaired) electrons. The Morgan fingerprint density at radius 1 is 1.34 bits per heavy atom. The molecule has 1 amide bonds. The summed E-state index contributed by atoms with van der Waals surface area (Å²) in [6.07, 6.45) is 4.83. The lowest BCUT2D eigenvalue weighted by atomic mass is 9.89. The van der Waals surface area contributed by atoms with Gasteiger partial charge in [-0.2, -0.15) is 0 Å². The van der Waals surface area contributed by atoms with Crippen LogP contribution in [0.2, 0.25) is 0 Å². The standard InChI is InChI=1S/C24H27N3O4S/c1-4-18(21(28)26-16-8-6-7-15(12-16)24(30)31-5-2)27-13-25-22-20(23(27)29)17-10-9-14(3)11-19(17)32-22/h6-8,12-14,18H,4-5,9-11H2,1-3H3,(H,26,28). The minimum Gasteiger partial charge on any atom is -0.462 e. The van der Waals surface area contributed by atoms with Gasteiger partial charge in [0.2, 0.25) is 5.91 Å². The maximum absolute atomic E-state index is 13.4. The molecule has 7 nitrogen and oxygen atoms in total. The number of ether oxygens (including phenoxy) is 1. The van der Waals surface area contributed by atoms with Crippen LogP contribution < -0.4 is 10.9 Å². The first-order chi connectivity index (χ1) is 15.4. The largest absolute Gasteiger partial charge is 0.462 e. The summed E-state index contributed by atoms with van der Waals surface area (Å²) in [5.74, 6) is -0.162. The smallest absolute Gasteiger partial charge is 0.338 e. The predicted molar refractivity (Wildman–Crippen MR) is 125 cm³/mol. The third-order valence-electron chi connectivity index (χ3n) is 5.91. The number of esters is 1. The molecule has 0 bridgehead atoms. The summed E-state index contributed by atoms with van der Waals surface area (Å²) in [7, 11) is 0. The zero-order valence-corrected chi connectivity index (χ0v) is 19.3. The van der Waals surface area contributed by atoms with Crippen LogP contribution in [-0.2, 0) is 22.4 Å². The van der Waals surface area contributed by atoms with E-state index in [2.05, 4.69) is 17.2 Å². The van der Waals surface area contributed by atoms with Gasteiger partial charge < -0.3 is 10.1 Å². The molecular formula is C24H27N3O4S. The molecule has 2 aromatic heterocycles. The van der Waals surface area contributed by atoms with E-state index in [4.69, 9.17) is 4.74 Å². The van der Waals surface area contributed by atoms with Crippen molar-refractivity contribution in [2.24, 2.45) is 5.92 Å². The zero-order valence-electron chi connectivity index (χ0n) is 18.5. The van der Waals surface area contributed by atoms with Gasteiger partial charge in [-0.15, -0.1) is 11.3 Å². The molecule has 1 aromatic carbocycles. The number of thiophene rings is 1. The number of hydrogen-bond acceptors (Lipinski definition) is 6. The Bertz CT molecular complexity index is 1230. The number of amides is 1. The van der Waals surface area contributed by atoms with Crippen molar-refractivity contribution in [1.82, 2.24) is 9.55 Å². The lowest BCUT2D eigenvalue weighted by Crippen LogP contribution is -2.33. The summed E-state index contributed by atoms with van der Waals surface area (Å²) in [6.45, 7) is 6.11. The molecule has 32 heavy (non-hydrogen) atoms. The highest BCUT2D eigenvalue weighted by atomic mass is 32.1. The van der Waals surface area contributed by atoms with Gasteiger partial charge in [0.25, 0.3) is 5.56 Å². The number of nitrogens with zero attached hydrogens (tertiary/aromatic N) is 2. The summed E-state index contributed by atoms with van der Waals surface area (Å²) in [5.41, 5.74) is 1.77. The predicted octanol–water partition coefficient (Wildman–Crippen LogP) is 4.35. The maximum atomic E-state index is 13.4. The second kappa shape index (κ2) is 9.24. The quantitative estimate of drug-likeness (QED) is 0.561. The van der Waals surface area contributed by atoms with Crippen LogP contribution in [0, 0.1) is 5.92 Å². The number of benzene rings is 1. The third-order valence-corrected chi connectivity index (χ3v) is 7.07. The van der Waals surface area contributed by atoms with Gasteiger partial charge in [0.1, 0.15) is 10.9 Å². The normalized spacial score (nSPS) is 16.4. The van der Waals surface area contributed by atoms with E-state index in [1.54, 1.807) is 42.5 Å². The average molecular weight is 454 g/mol. The molecule has 8 heteroatoms. The van der Waals surface area contributed by atoms with E-state index in [1.165, 1.54) is 15.8 Å². The Hall–Kier alpha value is -3.00. The van der Waals surface area contributed by atoms with Crippen molar-refractivity contribution in [2.75, 3.05) is 11.9 Å². The molecule has 2 atom stereocenters. The molecule has 2 unspecified atom stereocenters. The fourth-order valence-electron chi connectivity index (χ4n) is 4.24. The fourth-order valence-corrected chi connectivity index (χ4v) is 5.58. The second-order valence-corrected chi connectivity index (χ2v) is 9.29. The van der Waals surface area contributed by atoms with Gasteiger partial charge in [-0.3, -0.25) is 14.2 Å². The molecule has 3 aromatic rings. The summed E-state index contributed by atoms with van der Waals surface area (Å²) in [6, 6.07) is 5.88. The van der Waals surface area contributed by atoms with Gasteiger partial charge in [0, 0.05) is 10.6 Å². The molecular weight excluding hydrogens is 426 g/mol. The Morgan fingerprint density at radius 2 is 2.16 bits per heavy atom. The van der Waals surface area contributed by atoms with Crippen molar-refractivity contribution in [3.8, 4) is 0 Å². The highest BCUT2D eigenvalue weighted by molar-refractivity contribution is 7.18. The molecule has 0 saturated carbocycles. The molecule has 1 aliphatic rings. The lowest BCUT2D eigenvalue weighted by molar-refractivity contribution is -0.119. The number of anilines is 1. The lowest BCUT2D eigenvalue weighted by Gasteiger charge is -2.19. The summed E-state index contributed by atoms with van der Waals surface area (Å²) in [5, 5.41) is 3.50. The van der Waals surface area contributed by atoms with Crippen LogP contribution in [0.1, 0.15) is 60.5 Å². The molecule has 1 aliphatic carbocycles. The van der Waals surface area contributed by atoms with Crippen LogP contribution in [-0.4, -0.2) is 28.0 Å². The number of hydrogen-bond donors (Lipinski definition) is 1. The first-order valence-corrected chi connectivity index (χ1v) is 11.8. The minimum atomic E-state index is -0.705. The van der Waals surface area contributed by atoms with Crippen molar-refractivity contribution < 1.29 is 14.3 Å². The molecule has 0 saturated heterocycles. The van der Waals surface area contributed by atoms with E-state index in [9.17, 15) is 14.4 Å².